The van der Waals surface area contributed by atoms with Gasteiger partial charge in [-0.05, 0) is 72.8 Å². The van der Waals surface area contributed by atoms with Crippen molar-refractivity contribution < 1.29 is 0 Å². The predicted molar refractivity (Wildman–Crippen MR) is 183 cm³/mol. The van der Waals surface area contributed by atoms with E-state index in [1.54, 1.807) is 0 Å². The highest BCUT2D eigenvalue weighted by atomic mass is 32.3. The van der Waals surface area contributed by atoms with Crippen LogP contribution in [0, 0.1) is 0 Å². The highest BCUT2D eigenvalue weighted by Crippen LogP contribution is 2.88. The Balaban J connectivity index is 0.000000847. The molecule has 0 N–H and O–H groups in total. The first kappa shape index (κ1) is 29.5. The largest absolute Gasteiger partial charge is 0.131 e. The topological polar surface area (TPSA) is 0 Å². The van der Waals surface area contributed by atoms with E-state index in [1.165, 1.54) is 39.2 Å². The second kappa shape index (κ2) is 13.3. The van der Waals surface area contributed by atoms with E-state index < -0.39 is 20.1 Å². The molecule has 0 spiro atoms. The first-order valence-electron chi connectivity index (χ1n) is 14.9. The van der Waals surface area contributed by atoms with Crippen LogP contribution in [0.3, 0.4) is 0 Å². The van der Waals surface area contributed by atoms with Gasteiger partial charge in [-0.25, -0.2) is 0 Å². The Bertz CT molecular complexity index is 1440. The molecule has 1 aliphatic rings. The summed E-state index contributed by atoms with van der Waals surface area (Å²) < 4.78 is 0. The third-order valence-corrected chi connectivity index (χ3v) is 15.6. The fraction of sp³-hybridized carbons (Fsp3) is 0.100. The maximum absolute atomic E-state index is 2.41. The van der Waals surface area contributed by atoms with Gasteiger partial charge in [0.05, 0.1) is 0 Å². The molecule has 1 heterocycles. The Kier molecular flexibility index (Phi) is 9.37. The van der Waals surface area contributed by atoms with Crippen LogP contribution in [-0.2, 0) is 0 Å². The number of fused-ring (bicyclic) bond motifs is 2. The van der Waals surface area contributed by atoms with E-state index in [-0.39, 0.29) is 0 Å². The van der Waals surface area contributed by atoms with Crippen LogP contribution in [-0.4, -0.2) is 0 Å². The predicted octanol–water partition coefficient (Wildman–Crippen LogP) is 12.7. The molecule has 7 rings (SSSR count). The molecule has 0 amide bonds. The normalized spacial score (nSPS) is 15.1. The Labute approximate surface area is 255 Å². The summed E-state index contributed by atoms with van der Waals surface area (Å²) >= 11 is 0. The maximum Gasteiger partial charge on any atom is 0.0154 e. The summed E-state index contributed by atoms with van der Waals surface area (Å²) in [6.45, 7) is 8.00. The third-order valence-electron chi connectivity index (χ3n) is 7.40. The molecule has 0 bridgehead atoms. The fourth-order valence-corrected chi connectivity index (χ4v) is 15.4. The van der Waals surface area contributed by atoms with E-state index in [2.05, 4.69) is 170 Å². The zero-order chi connectivity index (χ0) is 29.4. The molecule has 6 aromatic carbocycles. The van der Waals surface area contributed by atoms with Crippen molar-refractivity contribution in [3.8, 4) is 0 Å². The summed E-state index contributed by atoms with van der Waals surface area (Å²) in [7, 11) is -3.48. The van der Waals surface area contributed by atoms with Crippen molar-refractivity contribution in [2.75, 3.05) is 0 Å². The van der Waals surface area contributed by atoms with Gasteiger partial charge in [0.15, 0.2) is 0 Å². The van der Waals surface area contributed by atoms with Crippen LogP contribution in [0.25, 0.3) is 0 Å². The first-order chi connectivity index (χ1) is 20.9. The summed E-state index contributed by atoms with van der Waals surface area (Å²) in [6, 6.07) is 63.4. The zero-order valence-electron chi connectivity index (χ0n) is 25.0. The molecular formula is C40H40S2. The standard InChI is InChI=1S/C36H28S2.2C2H6/c1-5-17-29(18-6-1)37(30-19-7-2-8-20-30)33-25-13-15-27-35(33)38(31-21-9-3-10-22-31,32-23-11-4-12-24-32)36-28-16-14-26-34(36)37;2*1-2/h1-28H;2*1-2H3. The molecule has 0 atom stereocenters. The zero-order valence-corrected chi connectivity index (χ0v) is 26.6. The molecule has 2 heteroatoms. The lowest BCUT2D eigenvalue weighted by Gasteiger charge is -2.55. The monoisotopic (exact) mass is 584 g/mol. The molecule has 0 aromatic heterocycles. The molecule has 212 valence electrons. The Morgan fingerprint density at radius 3 is 0.595 bits per heavy atom. The lowest BCUT2D eigenvalue weighted by molar-refractivity contribution is 1.05. The molecule has 0 nitrogen and oxygen atoms in total. The molecule has 6 aromatic rings. The van der Waals surface area contributed by atoms with Crippen molar-refractivity contribution in [2.45, 2.75) is 66.9 Å². The van der Waals surface area contributed by atoms with Crippen LogP contribution in [0.15, 0.2) is 209 Å². The molecule has 0 aliphatic carbocycles. The number of benzene rings is 6. The van der Waals surface area contributed by atoms with Crippen LogP contribution in [0.5, 0.6) is 0 Å². The molecule has 0 fully saturated rings. The van der Waals surface area contributed by atoms with Gasteiger partial charge in [-0.1, -0.05) is 125 Å². The van der Waals surface area contributed by atoms with Gasteiger partial charge in [0.2, 0.25) is 0 Å². The molecule has 0 saturated carbocycles. The second-order valence-corrected chi connectivity index (χ2v) is 15.5. The molecular weight excluding hydrogens is 545 g/mol. The van der Waals surface area contributed by atoms with Crippen molar-refractivity contribution >= 4 is 20.1 Å². The van der Waals surface area contributed by atoms with Crippen LogP contribution >= 0.6 is 20.1 Å². The minimum Gasteiger partial charge on any atom is -0.131 e. The van der Waals surface area contributed by atoms with E-state index in [0.717, 1.165) is 0 Å². The lowest BCUT2D eigenvalue weighted by atomic mass is 10.3. The summed E-state index contributed by atoms with van der Waals surface area (Å²) in [5.74, 6) is 0. The summed E-state index contributed by atoms with van der Waals surface area (Å²) in [6.07, 6.45) is 0. The van der Waals surface area contributed by atoms with Gasteiger partial charge in [-0.15, -0.1) is 20.1 Å². The van der Waals surface area contributed by atoms with E-state index in [4.69, 9.17) is 0 Å². The Morgan fingerprint density at radius 2 is 0.405 bits per heavy atom. The van der Waals surface area contributed by atoms with Crippen molar-refractivity contribution in [3.05, 3.63) is 170 Å². The van der Waals surface area contributed by atoms with Crippen molar-refractivity contribution in [1.29, 1.82) is 0 Å². The van der Waals surface area contributed by atoms with Gasteiger partial charge in [0.1, 0.15) is 0 Å². The number of hydrogen-bond donors (Lipinski definition) is 0. The summed E-state index contributed by atoms with van der Waals surface area (Å²) in [5.41, 5.74) is 0. The SMILES string of the molecule is CC.CC.c1ccc(S2(c3ccccc3)c3ccccc3S(c3ccccc3)(c3ccccc3)c3ccccc32)cc1. The van der Waals surface area contributed by atoms with Crippen LogP contribution in [0.2, 0.25) is 0 Å². The minimum atomic E-state index is -1.74. The molecule has 0 unspecified atom stereocenters. The van der Waals surface area contributed by atoms with Gasteiger partial charge in [-0.2, -0.15) is 0 Å². The summed E-state index contributed by atoms with van der Waals surface area (Å²) in [4.78, 5) is 11.3. The maximum atomic E-state index is 2.41. The van der Waals surface area contributed by atoms with Crippen LogP contribution < -0.4 is 0 Å². The van der Waals surface area contributed by atoms with E-state index in [1.807, 2.05) is 27.7 Å². The molecule has 0 radical (unpaired) electrons. The van der Waals surface area contributed by atoms with Crippen molar-refractivity contribution in [2.24, 2.45) is 0 Å². The van der Waals surface area contributed by atoms with E-state index in [9.17, 15) is 0 Å². The van der Waals surface area contributed by atoms with E-state index >= 15 is 0 Å². The van der Waals surface area contributed by atoms with Crippen molar-refractivity contribution in [1.82, 2.24) is 0 Å². The van der Waals surface area contributed by atoms with Gasteiger partial charge >= 0.3 is 0 Å². The highest BCUT2D eigenvalue weighted by Gasteiger charge is 2.48. The smallest absolute Gasteiger partial charge is 0.0154 e. The third kappa shape index (κ3) is 4.60. The first-order valence-corrected chi connectivity index (χ1v) is 18.2. The average molecular weight is 585 g/mol. The summed E-state index contributed by atoms with van der Waals surface area (Å²) in [5, 5.41) is 0. The van der Waals surface area contributed by atoms with Crippen LogP contribution in [0.1, 0.15) is 27.7 Å². The number of rotatable bonds is 4. The molecule has 42 heavy (non-hydrogen) atoms. The Hall–Kier alpha value is -3.98. The van der Waals surface area contributed by atoms with Gasteiger partial charge in [-0.3, -0.25) is 0 Å². The minimum absolute atomic E-state index is 1.38. The lowest BCUT2D eigenvalue weighted by Crippen LogP contribution is -2.18. The Morgan fingerprint density at radius 1 is 0.238 bits per heavy atom. The molecule has 1 aliphatic heterocycles. The second-order valence-electron chi connectivity index (χ2n) is 9.37. The fourth-order valence-electron chi connectivity index (χ4n) is 5.94. The van der Waals surface area contributed by atoms with Gasteiger partial charge in [0.25, 0.3) is 0 Å². The molecule has 0 saturated heterocycles. The van der Waals surface area contributed by atoms with Crippen LogP contribution in [0.4, 0.5) is 0 Å². The van der Waals surface area contributed by atoms with E-state index in [0.29, 0.717) is 0 Å². The van der Waals surface area contributed by atoms with Gasteiger partial charge in [0, 0.05) is 39.2 Å². The average Bonchev–Trinajstić information content (AvgIpc) is 3.10. The number of hydrogen-bond acceptors (Lipinski definition) is 0. The quantitative estimate of drug-likeness (QED) is 0.193. The van der Waals surface area contributed by atoms with Gasteiger partial charge < -0.3 is 0 Å². The highest BCUT2D eigenvalue weighted by molar-refractivity contribution is 8.38. The van der Waals surface area contributed by atoms with Crippen molar-refractivity contribution in [3.63, 3.8) is 0 Å².